The summed E-state index contributed by atoms with van der Waals surface area (Å²) in [7, 11) is 0. The van der Waals surface area contributed by atoms with Crippen LogP contribution in [0, 0.1) is 5.92 Å². The minimum Gasteiger partial charge on any atom is -0.545 e. The lowest BCUT2D eigenvalue weighted by Gasteiger charge is -2.26. The molecule has 0 rings (SSSR count). The van der Waals surface area contributed by atoms with E-state index in [0.29, 0.717) is 13.0 Å². The molecule has 100 valence electrons. The van der Waals surface area contributed by atoms with Crippen LogP contribution in [0.1, 0.15) is 13.8 Å². The van der Waals surface area contributed by atoms with Gasteiger partial charge in [0.25, 0.3) is 12.1 Å². The lowest BCUT2D eigenvalue weighted by Crippen LogP contribution is -2.45. The Morgan fingerprint density at radius 2 is 1.65 bits per heavy atom. The average molecular weight is 263 g/mol. The number of carbonyl (C=O) groups excluding carboxylic acids is 1. The van der Waals surface area contributed by atoms with Gasteiger partial charge in [0, 0.05) is 5.92 Å². The minimum atomic E-state index is -5.71. The molecule has 0 saturated carbocycles. The van der Waals surface area contributed by atoms with Crippen molar-refractivity contribution in [2.24, 2.45) is 5.92 Å². The van der Waals surface area contributed by atoms with Crippen molar-refractivity contribution in [3.05, 3.63) is 11.6 Å². The van der Waals surface area contributed by atoms with E-state index < -0.39 is 35.7 Å². The molecule has 8 heteroatoms. The number of carboxylic acid groups (broad SMARTS) is 1. The maximum absolute atomic E-state index is 13.0. The maximum Gasteiger partial charge on any atom is 0.425 e. The van der Waals surface area contributed by atoms with Crippen LogP contribution in [0.15, 0.2) is 11.6 Å². The van der Waals surface area contributed by atoms with Gasteiger partial charge < -0.3 is 9.90 Å². The summed E-state index contributed by atoms with van der Waals surface area (Å²) in [6.45, 7) is 1.45. The van der Waals surface area contributed by atoms with E-state index in [1.54, 1.807) is 0 Å². The largest absolute Gasteiger partial charge is 0.545 e. The summed E-state index contributed by atoms with van der Waals surface area (Å²) < 4.78 is 73.9. The van der Waals surface area contributed by atoms with Gasteiger partial charge in [0.05, 0.1) is 5.97 Å². The summed E-state index contributed by atoms with van der Waals surface area (Å²) in [5, 5.41) is 10.2. The number of halogens is 6. The number of carbonyl (C=O) groups is 1. The Hall–Kier alpha value is -1.21. The summed E-state index contributed by atoms with van der Waals surface area (Å²) in [6, 6.07) is 0. The van der Waals surface area contributed by atoms with Crippen LogP contribution in [0.25, 0.3) is 0 Å². The Kier molecular flexibility index (Phi) is 4.62. The predicted molar refractivity (Wildman–Crippen MR) is 43.8 cm³/mol. The third kappa shape index (κ3) is 3.94. The van der Waals surface area contributed by atoms with E-state index in [4.69, 9.17) is 0 Å². The number of hydrogen-bond donors (Lipinski definition) is 0. The normalized spacial score (nSPS) is 17.8. The van der Waals surface area contributed by atoms with Crippen molar-refractivity contribution in [2.45, 2.75) is 32.1 Å². The molecule has 0 aliphatic heterocycles. The van der Waals surface area contributed by atoms with E-state index in [9.17, 15) is 36.2 Å². The van der Waals surface area contributed by atoms with Crippen LogP contribution in [0.2, 0.25) is 0 Å². The lowest BCUT2D eigenvalue weighted by atomic mass is 9.96. The molecule has 0 radical (unpaired) electrons. The van der Waals surface area contributed by atoms with Gasteiger partial charge in [-0.2, -0.15) is 13.2 Å². The van der Waals surface area contributed by atoms with Crippen LogP contribution < -0.4 is 5.11 Å². The third-order valence-electron chi connectivity index (χ3n) is 2.05. The molecule has 0 N–H and O–H groups in total. The van der Waals surface area contributed by atoms with Crippen LogP contribution in [0.5, 0.6) is 0 Å². The summed E-state index contributed by atoms with van der Waals surface area (Å²) in [5.41, 5.74) is -0.688. The Morgan fingerprint density at radius 3 is 1.94 bits per heavy atom. The van der Waals surface area contributed by atoms with E-state index in [1.165, 1.54) is 0 Å². The zero-order valence-corrected chi connectivity index (χ0v) is 8.82. The number of hydrogen-bond acceptors (Lipinski definition) is 2. The molecular formula is C9H9F6O2-. The third-order valence-corrected chi connectivity index (χ3v) is 2.05. The van der Waals surface area contributed by atoms with Crippen molar-refractivity contribution in [2.75, 3.05) is 0 Å². The molecule has 0 aromatic heterocycles. The minimum absolute atomic E-state index is 0.327. The monoisotopic (exact) mass is 263 g/mol. The number of carboxylic acids is 1. The molecule has 2 nitrogen and oxygen atoms in total. The summed E-state index contributed by atoms with van der Waals surface area (Å²) in [6.07, 6.45) is -9.73. The van der Waals surface area contributed by atoms with Gasteiger partial charge in [-0.25, -0.2) is 13.2 Å². The van der Waals surface area contributed by atoms with Gasteiger partial charge in [0.15, 0.2) is 0 Å². The number of alkyl halides is 6. The van der Waals surface area contributed by atoms with E-state index in [-0.39, 0.29) is 0 Å². The van der Waals surface area contributed by atoms with Crippen LogP contribution in [0.3, 0.4) is 0 Å². The second-order valence-electron chi connectivity index (χ2n) is 3.50. The fourth-order valence-corrected chi connectivity index (χ4v) is 1.00. The van der Waals surface area contributed by atoms with E-state index in [2.05, 4.69) is 0 Å². The molecule has 0 aromatic carbocycles. The highest BCUT2D eigenvalue weighted by Gasteiger charge is 2.58. The summed E-state index contributed by atoms with van der Waals surface area (Å²) >= 11 is 0. The topological polar surface area (TPSA) is 40.1 Å². The van der Waals surface area contributed by atoms with Crippen LogP contribution >= 0.6 is 0 Å². The molecule has 0 heterocycles. The van der Waals surface area contributed by atoms with Gasteiger partial charge in [0.2, 0.25) is 0 Å². The smallest absolute Gasteiger partial charge is 0.425 e. The molecule has 0 aliphatic rings. The molecule has 0 fully saturated rings. The molecule has 0 spiro atoms. The van der Waals surface area contributed by atoms with Crippen molar-refractivity contribution < 1.29 is 36.2 Å². The number of rotatable bonds is 4. The molecule has 17 heavy (non-hydrogen) atoms. The Bertz CT molecular complexity index is 320. The maximum atomic E-state index is 13.0. The van der Waals surface area contributed by atoms with E-state index in [1.807, 2.05) is 0 Å². The van der Waals surface area contributed by atoms with Crippen LogP contribution in [0.4, 0.5) is 26.3 Å². The van der Waals surface area contributed by atoms with Gasteiger partial charge in [-0.3, -0.25) is 0 Å². The first kappa shape index (κ1) is 15.8. The number of aliphatic carboxylic acids is 1. The van der Waals surface area contributed by atoms with Crippen molar-refractivity contribution in [1.82, 2.24) is 0 Å². The zero-order valence-electron chi connectivity index (χ0n) is 8.82. The van der Waals surface area contributed by atoms with E-state index >= 15 is 0 Å². The standard InChI is InChI=1S/C9H10F6O2/c1-4(6(16)17)3-5(2)8(11,12)7(10)9(13,14)15/h3,5,7H,1-2H3,(H,16,17)/p-1. The van der Waals surface area contributed by atoms with Crippen LogP contribution in [-0.2, 0) is 4.79 Å². The van der Waals surface area contributed by atoms with Gasteiger partial charge in [-0.1, -0.05) is 13.0 Å². The molecule has 0 aliphatic carbocycles. The van der Waals surface area contributed by atoms with Gasteiger partial charge >= 0.3 is 6.18 Å². The molecule has 2 atom stereocenters. The highest BCUT2D eigenvalue weighted by atomic mass is 19.4. The van der Waals surface area contributed by atoms with Crippen LogP contribution in [-0.4, -0.2) is 24.2 Å². The van der Waals surface area contributed by atoms with Crippen molar-refractivity contribution in [3.8, 4) is 0 Å². The quantitative estimate of drug-likeness (QED) is 0.573. The Balaban J connectivity index is 5.07. The fraction of sp³-hybridized carbons (Fsp3) is 0.667. The molecular weight excluding hydrogens is 254 g/mol. The highest BCUT2D eigenvalue weighted by molar-refractivity contribution is 5.83. The predicted octanol–water partition coefficient (Wildman–Crippen LogP) is 1.85. The number of allylic oxidation sites excluding steroid dienone is 1. The van der Waals surface area contributed by atoms with Gasteiger partial charge in [-0.15, -0.1) is 0 Å². The van der Waals surface area contributed by atoms with Crippen molar-refractivity contribution in [1.29, 1.82) is 0 Å². The first-order valence-corrected chi connectivity index (χ1v) is 4.39. The zero-order chi connectivity index (χ0) is 14.0. The second-order valence-corrected chi connectivity index (χ2v) is 3.50. The molecule has 2 unspecified atom stereocenters. The Morgan fingerprint density at radius 1 is 1.24 bits per heavy atom. The average Bonchev–Trinajstić information content (AvgIpc) is 2.14. The summed E-state index contributed by atoms with van der Waals surface area (Å²) in [4.78, 5) is 10.2. The van der Waals surface area contributed by atoms with Gasteiger partial charge in [-0.05, 0) is 12.5 Å². The highest BCUT2D eigenvalue weighted by Crippen LogP contribution is 2.40. The lowest BCUT2D eigenvalue weighted by molar-refractivity contribution is -0.299. The first-order valence-electron chi connectivity index (χ1n) is 4.39. The molecule has 0 amide bonds. The fourth-order valence-electron chi connectivity index (χ4n) is 1.00. The molecule has 0 aromatic rings. The first-order chi connectivity index (χ1) is 7.40. The molecule has 0 bridgehead atoms. The molecule has 0 saturated heterocycles. The van der Waals surface area contributed by atoms with E-state index in [0.717, 1.165) is 6.92 Å². The second kappa shape index (κ2) is 4.97. The summed E-state index contributed by atoms with van der Waals surface area (Å²) in [5.74, 6) is -8.78. The van der Waals surface area contributed by atoms with Crippen molar-refractivity contribution in [3.63, 3.8) is 0 Å². The van der Waals surface area contributed by atoms with Crippen molar-refractivity contribution >= 4 is 5.97 Å². The Labute approximate surface area is 92.9 Å². The van der Waals surface area contributed by atoms with Gasteiger partial charge in [0.1, 0.15) is 0 Å². The SMILES string of the molecule is CC(=CC(C)C(F)(F)C(F)C(F)(F)F)C(=O)[O-].